The zero-order valence-electron chi connectivity index (χ0n) is 16.2. The highest BCUT2D eigenvalue weighted by Crippen LogP contribution is 2.25. The van der Waals surface area contributed by atoms with Crippen LogP contribution in [0.1, 0.15) is 21.6 Å². The number of carbonyl (C=O) groups is 1. The van der Waals surface area contributed by atoms with Crippen LogP contribution in [0.4, 0.5) is 10.1 Å². The average Bonchev–Trinajstić information content (AvgIpc) is 3.18. The summed E-state index contributed by atoms with van der Waals surface area (Å²) >= 11 is 0. The quantitative estimate of drug-likeness (QED) is 0.501. The molecule has 0 atom stereocenters. The highest BCUT2D eigenvalue weighted by atomic mass is 19.1. The van der Waals surface area contributed by atoms with Crippen LogP contribution in [0.2, 0.25) is 0 Å². The summed E-state index contributed by atoms with van der Waals surface area (Å²) in [4.78, 5) is 13.0. The maximum atomic E-state index is 14.0. The number of para-hydroxylation sites is 2. The minimum atomic E-state index is -0.485. The molecule has 0 radical (unpaired) electrons. The van der Waals surface area contributed by atoms with Gasteiger partial charge in [-0.2, -0.15) is 5.10 Å². The molecule has 29 heavy (non-hydrogen) atoms. The summed E-state index contributed by atoms with van der Waals surface area (Å²) in [5.74, 6) is -0.914. The van der Waals surface area contributed by atoms with E-state index in [0.717, 1.165) is 16.8 Å². The standard InChI is InChI=1S/C24H20FN3O/c1-16-12-13-18(14-17(16)2)22-15-23(28(27-22)19-8-4-3-5-9-19)24(29)26-21-11-7-6-10-20(21)25/h3-15H,1-2H3,(H,26,29). The number of aromatic nitrogens is 2. The predicted octanol–water partition coefficient (Wildman–Crippen LogP) is 5.55. The Kier molecular flexibility index (Phi) is 4.96. The molecular formula is C24H20FN3O. The molecule has 0 saturated heterocycles. The molecule has 0 spiro atoms. The summed E-state index contributed by atoms with van der Waals surface area (Å²) in [6.07, 6.45) is 0. The molecule has 0 aliphatic carbocycles. The maximum Gasteiger partial charge on any atom is 0.274 e. The van der Waals surface area contributed by atoms with E-state index in [-0.39, 0.29) is 5.69 Å². The van der Waals surface area contributed by atoms with Gasteiger partial charge < -0.3 is 5.32 Å². The highest BCUT2D eigenvalue weighted by molar-refractivity contribution is 6.04. The van der Waals surface area contributed by atoms with Crippen LogP contribution in [0.3, 0.4) is 0 Å². The molecular weight excluding hydrogens is 365 g/mol. The topological polar surface area (TPSA) is 46.9 Å². The number of carbonyl (C=O) groups excluding carboxylic acids is 1. The molecule has 0 aliphatic heterocycles. The fourth-order valence-electron chi connectivity index (χ4n) is 3.10. The molecule has 4 nitrogen and oxygen atoms in total. The van der Waals surface area contributed by atoms with Gasteiger partial charge in [-0.25, -0.2) is 9.07 Å². The maximum absolute atomic E-state index is 14.0. The van der Waals surface area contributed by atoms with E-state index >= 15 is 0 Å². The van der Waals surface area contributed by atoms with Crippen LogP contribution in [0, 0.1) is 19.7 Å². The molecule has 0 saturated carbocycles. The molecule has 0 bridgehead atoms. The van der Waals surface area contributed by atoms with Crippen LogP contribution >= 0.6 is 0 Å². The Balaban J connectivity index is 1.79. The second-order valence-electron chi connectivity index (χ2n) is 6.90. The first-order chi connectivity index (χ1) is 14.0. The van der Waals surface area contributed by atoms with Crippen LogP contribution in [0.25, 0.3) is 16.9 Å². The third-order valence-electron chi connectivity index (χ3n) is 4.87. The molecule has 1 N–H and O–H groups in total. The van der Waals surface area contributed by atoms with Crippen molar-refractivity contribution in [2.24, 2.45) is 0 Å². The Hall–Kier alpha value is -3.73. The molecule has 0 fully saturated rings. The summed E-state index contributed by atoms with van der Waals surface area (Å²) in [5, 5.41) is 7.32. The van der Waals surface area contributed by atoms with Crippen LogP contribution in [0.5, 0.6) is 0 Å². The van der Waals surface area contributed by atoms with E-state index in [1.54, 1.807) is 22.9 Å². The van der Waals surface area contributed by atoms with E-state index in [1.165, 1.54) is 17.7 Å². The number of nitrogens with one attached hydrogen (secondary N) is 1. The van der Waals surface area contributed by atoms with E-state index in [9.17, 15) is 9.18 Å². The SMILES string of the molecule is Cc1ccc(-c2cc(C(=O)Nc3ccccc3F)n(-c3ccccc3)n2)cc1C. The number of benzene rings is 3. The molecule has 1 heterocycles. The van der Waals surface area contributed by atoms with Gasteiger partial charge in [0.1, 0.15) is 11.5 Å². The third kappa shape index (κ3) is 3.80. The van der Waals surface area contributed by atoms with Crippen molar-refractivity contribution in [2.75, 3.05) is 5.32 Å². The normalized spacial score (nSPS) is 10.7. The van der Waals surface area contributed by atoms with Gasteiger partial charge in [0.25, 0.3) is 5.91 Å². The van der Waals surface area contributed by atoms with Gasteiger partial charge in [0.05, 0.1) is 17.1 Å². The molecule has 5 heteroatoms. The van der Waals surface area contributed by atoms with Gasteiger partial charge in [-0.1, -0.05) is 42.5 Å². The second-order valence-corrected chi connectivity index (χ2v) is 6.90. The smallest absolute Gasteiger partial charge is 0.274 e. The van der Waals surface area contributed by atoms with Gasteiger partial charge in [0, 0.05) is 5.56 Å². The summed E-state index contributed by atoms with van der Waals surface area (Å²) in [6, 6.07) is 23.3. The molecule has 4 aromatic rings. The minimum Gasteiger partial charge on any atom is -0.318 e. The van der Waals surface area contributed by atoms with E-state index in [0.29, 0.717) is 11.4 Å². The fourth-order valence-corrected chi connectivity index (χ4v) is 3.10. The number of aryl methyl sites for hydroxylation is 2. The Bertz CT molecular complexity index is 1180. The molecule has 1 aromatic heterocycles. The van der Waals surface area contributed by atoms with Crippen molar-refractivity contribution in [1.29, 1.82) is 0 Å². The van der Waals surface area contributed by atoms with Crippen molar-refractivity contribution < 1.29 is 9.18 Å². The zero-order chi connectivity index (χ0) is 20.4. The van der Waals surface area contributed by atoms with Crippen LogP contribution in [-0.4, -0.2) is 15.7 Å². The van der Waals surface area contributed by atoms with E-state index in [4.69, 9.17) is 0 Å². The minimum absolute atomic E-state index is 0.131. The second kappa shape index (κ2) is 7.72. The lowest BCUT2D eigenvalue weighted by Crippen LogP contribution is -2.17. The van der Waals surface area contributed by atoms with Crippen molar-refractivity contribution in [3.05, 3.63) is 102 Å². The van der Waals surface area contributed by atoms with Gasteiger partial charge >= 0.3 is 0 Å². The predicted molar refractivity (Wildman–Crippen MR) is 113 cm³/mol. The Morgan fingerprint density at radius 2 is 1.62 bits per heavy atom. The first-order valence-corrected chi connectivity index (χ1v) is 9.32. The lowest BCUT2D eigenvalue weighted by atomic mass is 10.0. The molecule has 0 aliphatic rings. The number of hydrogen-bond acceptors (Lipinski definition) is 2. The zero-order valence-corrected chi connectivity index (χ0v) is 16.2. The van der Waals surface area contributed by atoms with Crippen molar-refractivity contribution in [3.63, 3.8) is 0 Å². The number of amides is 1. The summed E-state index contributed by atoms with van der Waals surface area (Å²) in [5.41, 5.74) is 5.14. The number of halogens is 1. The van der Waals surface area contributed by atoms with Crippen molar-refractivity contribution in [3.8, 4) is 16.9 Å². The third-order valence-corrected chi connectivity index (χ3v) is 4.87. The fraction of sp³-hybridized carbons (Fsp3) is 0.0833. The molecule has 0 unspecified atom stereocenters. The van der Waals surface area contributed by atoms with Gasteiger partial charge in [-0.05, 0) is 61.4 Å². The van der Waals surface area contributed by atoms with Crippen LogP contribution < -0.4 is 5.32 Å². The molecule has 1 amide bonds. The first-order valence-electron chi connectivity index (χ1n) is 9.32. The number of hydrogen-bond donors (Lipinski definition) is 1. The van der Waals surface area contributed by atoms with Crippen molar-refractivity contribution in [2.45, 2.75) is 13.8 Å². The number of rotatable bonds is 4. The van der Waals surface area contributed by atoms with Gasteiger partial charge in [0.2, 0.25) is 0 Å². The largest absolute Gasteiger partial charge is 0.318 e. The van der Waals surface area contributed by atoms with Crippen molar-refractivity contribution in [1.82, 2.24) is 9.78 Å². The molecule has 3 aromatic carbocycles. The van der Waals surface area contributed by atoms with Crippen molar-refractivity contribution >= 4 is 11.6 Å². The van der Waals surface area contributed by atoms with Gasteiger partial charge in [-0.3, -0.25) is 4.79 Å². The monoisotopic (exact) mass is 385 g/mol. The lowest BCUT2D eigenvalue weighted by Gasteiger charge is -2.08. The van der Waals surface area contributed by atoms with E-state index in [2.05, 4.69) is 17.3 Å². The summed E-state index contributed by atoms with van der Waals surface area (Å²) in [7, 11) is 0. The summed E-state index contributed by atoms with van der Waals surface area (Å²) < 4.78 is 15.6. The van der Waals surface area contributed by atoms with Crippen LogP contribution in [-0.2, 0) is 0 Å². The Morgan fingerprint density at radius 3 is 2.34 bits per heavy atom. The first kappa shape index (κ1) is 18.6. The highest BCUT2D eigenvalue weighted by Gasteiger charge is 2.19. The van der Waals surface area contributed by atoms with E-state index < -0.39 is 11.7 Å². The van der Waals surface area contributed by atoms with Crippen LogP contribution in [0.15, 0.2) is 78.9 Å². The lowest BCUT2D eigenvalue weighted by molar-refractivity contribution is 0.101. The Morgan fingerprint density at radius 1 is 0.897 bits per heavy atom. The number of anilines is 1. The molecule has 4 rings (SSSR count). The Labute approximate surface area is 168 Å². The molecule has 144 valence electrons. The van der Waals surface area contributed by atoms with Gasteiger partial charge in [0.15, 0.2) is 0 Å². The average molecular weight is 385 g/mol. The van der Waals surface area contributed by atoms with E-state index in [1.807, 2.05) is 55.5 Å². The van der Waals surface area contributed by atoms with Gasteiger partial charge in [-0.15, -0.1) is 0 Å². The summed E-state index contributed by atoms with van der Waals surface area (Å²) in [6.45, 7) is 4.09. The number of nitrogens with zero attached hydrogens (tertiary/aromatic N) is 2.